The lowest BCUT2D eigenvalue weighted by atomic mass is 10.0. The molecule has 1 spiro atoms. The maximum Gasteiger partial charge on any atom is 0.248 e. The molecule has 2 aliphatic rings. The average molecular weight is 327 g/mol. The largest absolute Gasteiger partial charge is 0.480 e. The highest BCUT2D eigenvalue weighted by atomic mass is 32.2. The van der Waals surface area contributed by atoms with Crippen LogP contribution in [0.25, 0.3) is 0 Å². The third kappa shape index (κ3) is 2.71. The molecule has 0 amide bonds. The predicted octanol–water partition coefficient (Wildman–Crippen LogP) is 0.152. The maximum absolute atomic E-state index is 13.0. The fourth-order valence-electron chi connectivity index (χ4n) is 3.00. The van der Waals surface area contributed by atoms with E-state index in [0.29, 0.717) is 26.2 Å². The summed E-state index contributed by atoms with van der Waals surface area (Å²) in [6.07, 6.45) is 2.42. The molecule has 2 fully saturated rings. The number of methoxy groups -OCH3 is 1. The number of nitrogens with zero attached hydrogens (tertiary/aromatic N) is 2. The van der Waals surface area contributed by atoms with Crippen molar-refractivity contribution in [3.05, 3.63) is 17.8 Å². The molecular formula is C14H21N3O4S. The number of morpholine rings is 1. The van der Waals surface area contributed by atoms with Gasteiger partial charge in [0.25, 0.3) is 0 Å². The minimum Gasteiger partial charge on any atom is -0.480 e. The van der Waals surface area contributed by atoms with E-state index in [1.807, 2.05) is 6.92 Å². The van der Waals surface area contributed by atoms with Gasteiger partial charge in [0, 0.05) is 25.8 Å². The van der Waals surface area contributed by atoms with Crippen LogP contribution in [0.5, 0.6) is 5.88 Å². The van der Waals surface area contributed by atoms with Crippen molar-refractivity contribution in [3.8, 4) is 5.88 Å². The summed E-state index contributed by atoms with van der Waals surface area (Å²) in [5, 5.41) is 3.24. The van der Waals surface area contributed by atoms with Gasteiger partial charge in [0.05, 0.1) is 19.3 Å². The fraction of sp³-hybridized carbons (Fsp3) is 0.643. The van der Waals surface area contributed by atoms with Crippen molar-refractivity contribution in [2.24, 2.45) is 0 Å². The van der Waals surface area contributed by atoms with E-state index in [2.05, 4.69) is 10.3 Å². The molecule has 1 N–H and O–H groups in total. The molecule has 3 heterocycles. The summed E-state index contributed by atoms with van der Waals surface area (Å²) < 4.78 is 38.5. The molecule has 1 aromatic heterocycles. The molecule has 22 heavy (non-hydrogen) atoms. The minimum atomic E-state index is -3.65. The van der Waals surface area contributed by atoms with Gasteiger partial charge in [-0.3, -0.25) is 0 Å². The normalized spacial score (nSPS) is 26.5. The number of hydrogen-bond acceptors (Lipinski definition) is 6. The molecule has 8 heteroatoms. The van der Waals surface area contributed by atoms with Crippen LogP contribution < -0.4 is 10.1 Å². The zero-order valence-corrected chi connectivity index (χ0v) is 13.6. The Morgan fingerprint density at radius 2 is 2.32 bits per heavy atom. The highest BCUT2D eigenvalue weighted by Crippen LogP contribution is 2.31. The van der Waals surface area contributed by atoms with E-state index in [1.165, 1.54) is 11.4 Å². The standard InChI is InChI=1S/C14H21N3O4S/c1-11-7-12(13(20-2)16-8-11)22(18,19)17-5-6-21-14(10-17)3-4-15-9-14/h7-8,15H,3-6,9-10H2,1-2H3. The molecule has 0 bridgehead atoms. The molecule has 2 aliphatic heterocycles. The van der Waals surface area contributed by atoms with Crippen molar-refractivity contribution in [2.45, 2.75) is 23.8 Å². The molecule has 0 aromatic carbocycles. The van der Waals surface area contributed by atoms with Gasteiger partial charge in [-0.15, -0.1) is 0 Å². The van der Waals surface area contributed by atoms with Crippen molar-refractivity contribution in [3.63, 3.8) is 0 Å². The van der Waals surface area contributed by atoms with E-state index in [0.717, 1.165) is 18.5 Å². The van der Waals surface area contributed by atoms with Crippen LogP contribution in [0.1, 0.15) is 12.0 Å². The Morgan fingerprint density at radius 1 is 1.50 bits per heavy atom. The molecule has 1 aromatic rings. The van der Waals surface area contributed by atoms with Crippen LogP contribution in [-0.4, -0.2) is 63.2 Å². The van der Waals surface area contributed by atoms with Crippen LogP contribution in [0.2, 0.25) is 0 Å². The van der Waals surface area contributed by atoms with Gasteiger partial charge >= 0.3 is 0 Å². The molecule has 122 valence electrons. The smallest absolute Gasteiger partial charge is 0.248 e. The summed E-state index contributed by atoms with van der Waals surface area (Å²) >= 11 is 0. The average Bonchev–Trinajstić information content (AvgIpc) is 2.95. The lowest BCUT2D eigenvalue weighted by molar-refractivity contribution is -0.0753. The number of nitrogens with one attached hydrogen (secondary N) is 1. The van der Waals surface area contributed by atoms with Gasteiger partial charge in [-0.05, 0) is 31.5 Å². The summed E-state index contributed by atoms with van der Waals surface area (Å²) in [6, 6.07) is 1.61. The lowest BCUT2D eigenvalue weighted by Crippen LogP contribution is -2.54. The maximum atomic E-state index is 13.0. The van der Waals surface area contributed by atoms with Crippen molar-refractivity contribution in [1.29, 1.82) is 0 Å². The Bertz CT molecular complexity index is 656. The summed E-state index contributed by atoms with van der Waals surface area (Å²) in [5.41, 5.74) is 0.375. The number of hydrogen-bond donors (Lipinski definition) is 1. The van der Waals surface area contributed by atoms with Crippen LogP contribution in [-0.2, 0) is 14.8 Å². The predicted molar refractivity (Wildman–Crippen MR) is 80.5 cm³/mol. The molecule has 0 saturated carbocycles. The van der Waals surface area contributed by atoms with Gasteiger partial charge in [-0.25, -0.2) is 13.4 Å². The van der Waals surface area contributed by atoms with Gasteiger partial charge in [0.1, 0.15) is 4.90 Å². The molecule has 2 saturated heterocycles. The van der Waals surface area contributed by atoms with Crippen LogP contribution in [0, 0.1) is 6.92 Å². The fourth-order valence-corrected chi connectivity index (χ4v) is 4.69. The number of ether oxygens (including phenoxy) is 2. The molecule has 7 nitrogen and oxygen atoms in total. The molecule has 3 rings (SSSR count). The first-order chi connectivity index (χ1) is 10.5. The highest BCUT2D eigenvalue weighted by molar-refractivity contribution is 7.89. The molecule has 1 unspecified atom stereocenters. The van der Waals surface area contributed by atoms with Gasteiger partial charge in [0.2, 0.25) is 15.9 Å². The van der Waals surface area contributed by atoms with Crippen LogP contribution >= 0.6 is 0 Å². The summed E-state index contributed by atoms with van der Waals surface area (Å²) in [7, 11) is -2.22. The number of pyridine rings is 1. The number of rotatable bonds is 3. The first kappa shape index (κ1) is 15.7. The molecule has 0 aliphatic carbocycles. The highest BCUT2D eigenvalue weighted by Gasteiger charge is 2.43. The van der Waals surface area contributed by atoms with Gasteiger partial charge in [0.15, 0.2) is 0 Å². The summed E-state index contributed by atoms with van der Waals surface area (Å²) in [4.78, 5) is 4.20. The minimum absolute atomic E-state index is 0.123. The topological polar surface area (TPSA) is 80.8 Å². The Kier molecular flexibility index (Phi) is 4.11. The van der Waals surface area contributed by atoms with E-state index >= 15 is 0 Å². The van der Waals surface area contributed by atoms with Crippen LogP contribution in [0.3, 0.4) is 0 Å². The zero-order valence-electron chi connectivity index (χ0n) is 12.8. The van der Waals surface area contributed by atoms with Crippen molar-refractivity contribution in [2.75, 3.05) is 39.9 Å². The first-order valence-corrected chi connectivity index (χ1v) is 8.76. The first-order valence-electron chi connectivity index (χ1n) is 7.32. The monoisotopic (exact) mass is 327 g/mol. The van der Waals surface area contributed by atoms with E-state index < -0.39 is 15.6 Å². The Hall–Kier alpha value is -1.22. The van der Waals surface area contributed by atoms with Crippen molar-refractivity contribution < 1.29 is 17.9 Å². The van der Waals surface area contributed by atoms with E-state index in [4.69, 9.17) is 9.47 Å². The Balaban J connectivity index is 1.94. The van der Waals surface area contributed by atoms with E-state index in [9.17, 15) is 8.42 Å². The van der Waals surface area contributed by atoms with E-state index in [1.54, 1.807) is 12.3 Å². The van der Waals surface area contributed by atoms with Crippen LogP contribution in [0.15, 0.2) is 17.2 Å². The molecular weight excluding hydrogens is 306 g/mol. The zero-order chi connectivity index (χ0) is 15.8. The number of aryl methyl sites for hydroxylation is 1. The van der Waals surface area contributed by atoms with E-state index in [-0.39, 0.29) is 10.8 Å². The van der Waals surface area contributed by atoms with Gasteiger partial charge in [-0.2, -0.15) is 4.31 Å². The molecule has 1 atom stereocenters. The second-order valence-corrected chi connectivity index (χ2v) is 7.72. The third-order valence-corrected chi connectivity index (χ3v) is 6.02. The Morgan fingerprint density at radius 3 is 3.00 bits per heavy atom. The third-order valence-electron chi connectivity index (χ3n) is 4.18. The van der Waals surface area contributed by atoms with Crippen molar-refractivity contribution in [1.82, 2.24) is 14.6 Å². The quantitative estimate of drug-likeness (QED) is 0.851. The second-order valence-electron chi connectivity index (χ2n) is 5.82. The number of sulfonamides is 1. The number of aromatic nitrogens is 1. The van der Waals surface area contributed by atoms with Gasteiger partial charge in [-0.1, -0.05) is 0 Å². The molecule has 0 radical (unpaired) electrons. The second kappa shape index (κ2) is 5.77. The lowest BCUT2D eigenvalue weighted by Gasteiger charge is -2.39. The van der Waals surface area contributed by atoms with Crippen LogP contribution in [0.4, 0.5) is 0 Å². The summed E-state index contributed by atoms with van der Waals surface area (Å²) in [6.45, 7) is 4.46. The van der Waals surface area contributed by atoms with Gasteiger partial charge < -0.3 is 14.8 Å². The van der Waals surface area contributed by atoms with Crippen molar-refractivity contribution >= 4 is 10.0 Å². The SMILES string of the molecule is COc1ncc(C)cc1S(=O)(=O)N1CCOC2(CCNC2)C1. The summed E-state index contributed by atoms with van der Waals surface area (Å²) in [5.74, 6) is 0.135. The Labute approximate surface area is 130 Å².